The highest BCUT2D eigenvalue weighted by Gasteiger charge is 2.01. The number of halogens is 1. The fourth-order valence-electron chi connectivity index (χ4n) is 2.24. The van der Waals surface area contributed by atoms with Crippen LogP contribution in [0.2, 0.25) is 0 Å². The molecule has 3 aromatic rings. The van der Waals surface area contributed by atoms with Gasteiger partial charge in [0, 0.05) is 30.2 Å². The summed E-state index contributed by atoms with van der Waals surface area (Å²) in [4.78, 5) is 4.34. The molecule has 1 aromatic carbocycles. The average Bonchev–Trinajstić information content (AvgIpc) is 3.02. The van der Waals surface area contributed by atoms with Gasteiger partial charge < -0.3 is 14.9 Å². The predicted molar refractivity (Wildman–Crippen MR) is 97.1 cm³/mol. The van der Waals surface area contributed by atoms with Gasteiger partial charge in [-0.25, -0.2) is 0 Å². The molecule has 0 saturated heterocycles. The number of hydrogen-bond donors (Lipinski definition) is 2. The third-order valence-electron chi connectivity index (χ3n) is 3.31. The van der Waals surface area contributed by atoms with Crippen LogP contribution in [-0.4, -0.2) is 23.0 Å². The number of hydrogen-bond acceptors (Lipinski definition) is 5. The van der Waals surface area contributed by atoms with E-state index < -0.39 is 0 Å². The van der Waals surface area contributed by atoms with Crippen LogP contribution in [0.3, 0.4) is 0 Å². The molecule has 6 heteroatoms. The van der Waals surface area contributed by atoms with Gasteiger partial charge in [0.15, 0.2) is 5.76 Å². The Morgan fingerprint density at radius 2 is 2.12 bits per heavy atom. The van der Waals surface area contributed by atoms with Crippen LogP contribution in [0.15, 0.2) is 58.4 Å². The van der Waals surface area contributed by atoms with Gasteiger partial charge in [-0.3, -0.25) is 4.98 Å². The molecule has 2 N–H and O–H groups in total. The van der Waals surface area contributed by atoms with E-state index in [0.29, 0.717) is 17.7 Å². The number of furan rings is 1. The molecular weight excluding hydrogens is 326 g/mol. The SMILES string of the molecule is Cl.O/N=C\c1occc1C#CCCNc1ccnc2ccccc12. The minimum Gasteiger partial charge on any atom is -0.462 e. The van der Waals surface area contributed by atoms with Crippen LogP contribution in [0, 0.1) is 11.8 Å². The maximum Gasteiger partial charge on any atom is 0.163 e. The van der Waals surface area contributed by atoms with Crippen LogP contribution < -0.4 is 5.32 Å². The molecule has 0 saturated carbocycles. The van der Waals surface area contributed by atoms with E-state index in [0.717, 1.165) is 23.1 Å². The third kappa shape index (κ3) is 4.06. The lowest BCUT2D eigenvalue weighted by molar-refractivity contribution is 0.320. The second kappa shape index (κ2) is 8.61. The Hall–Kier alpha value is -2.97. The molecule has 0 atom stereocenters. The van der Waals surface area contributed by atoms with Crippen molar-refractivity contribution in [2.45, 2.75) is 6.42 Å². The van der Waals surface area contributed by atoms with Crippen molar-refractivity contribution >= 4 is 35.2 Å². The molecule has 3 rings (SSSR count). The minimum absolute atomic E-state index is 0. The van der Waals surface area contributed by atoms with Gasteiger partial charge in [-0.1, -0.05) is 35.2 Å². The van der Waals surface area contributed by atoms with Crippen LogP contribution >= 0.6 is 12.4 Å². The first-order chi connectivity index (χ1) is 11.4. The maximum atomic E-state index is 8.53. The number of para-hydroxylation sites is 1. The van der Waals surface area contributed by atoms with E-state index in [1.807, 2.05) is 30.3 Å². The summed E-state index contributed by atoms with van der Waals surface area (Å²) in [6.45, 7) is 0.724. The summed E-state index contributed by atoms with van der Waals surface area (Å²) in [5.41, 5.74) is 2.72. The fourth-order valence-corrected chi connectivity index (χ4v) is 2.24. The van der Waals surface area contributed by atoms with Crippen molar-refractivity contribution in [1.29, 1.82) is 0 Å². The molecule has 0 spiro atoms. The Bertz CT molecular complexity index is 888. The summed E-state index contributed by atoms with van der Waals surface area (Å²) in [6, 6.07) is 11.7. The van der Waals surface area contributed by atoms with Crippen molar-refractivity contribution in [1.82, 2.24) is 4.98 Å². The van der Waals surface area contributed by atoms with E-state index in [9.17, 15) is 0 Å². The highest BCUT2D eigenvalue weighted by molar-refractivity contribution is 5.90. The van der Waals surface area contributed by atoms with Crippen molar-refractivity contribution in [2.75, 3.05) is 11.9 Å². The summed E-state index contributed by atoms with van der Waals surface area (Å²) in [5, 5.41) is 15.9. The van der Waals surface area contributed by atoms with Crippen molar-refractivity contribution < 1.29 is 9.62 Å². The van der Waals surface area contributed by atoms with Gasteiger partial charge in [0.2, 0.25) is 0 Å². The molecule has 0 aliphatic rings. The van der Waals surface area contributed by atoms with E-state index in [-0.39, 0.29) is 12.4 Å². The molecule has 0 unspecified atom stereocenters. The van der Waals surface area contributed by atoms with Gasteiger partial charge in [0.1, 0.15) is 6.21 Å². The van der Waals surface area contributed by atoms with E-state index in [1.54, 1.807) is 12.3 Å². The van der Waals surface area contributed by atoms with E-state index in [4.69, 9.17) is 9.62 Å². The molecule has 2 aromatic heterocycles. The highest BCUT2D eigenvalue weighted by atomic mass is 35.5. The Kier molecular flexibility index (Phi) is 6.23. The number of benzene rings is 1. The number of oxime groups is 1. The van der Waals surface area contributed by atoms with Gasteiger partial charge in [-0.15, -0.1) is 12.4 Å². The molecule has 0 bridgehead atoms. The number of pyridine rings is 1. The molecule has 2 heterocycles. The van der Waals surface area contributed by atoms with Gasteiger partial charge in [0.25, 0.3) is 0 Å². The number of rotatable bonds is 4. The zero-order valence-corrected chi connectivity index (χ0v) is 13.6. The Morgan fingerprint density at radius 3 is 3.00 bits per heavy atom. The van der Waals surface area contributed by atoms with E-state index in [2.05, 4.69) is 27.3 Å². The number of fused-ring (bicyclic) bond motifs is 1. The fraction of sp³-hybridized carbons (Fsp3) is 0.111. The third-order valence-corrected chi connectivity index (χ3v) is 3.31. The lowest BCUT2D eigenvalue weighted by atomic mass is 10.2. The van der Waals surface area contributed by atoms with Crippen LogP contribution in [0.25, 0.3) is 10.9 Å². The van der Waals surface area contributed by atoms with Gasteiger partial charge in [-0.2, -0.15) is 0 Å². The molecule has 0 aliphatic carbocycles. The monoisotopic (exact) mass is 341 g/mol. The van der Waals surface area contributed by atoms with Gasteiger partial charge in [-0.05, 0) is 18.2 Å². The second-order valence-electron chi connectivity index (χ2n) is 4.80. The molecule has 0 fully saturated rings. The van der Waals surface area contributed by atoms with Gasteiger partial charge >= 0.3 is 0 Å². The van der Waals surface area contributed by atoms with Crippen LogP contribution in [0.1, 0.15) is 17.7 Å². The molecule has 122 valence electrons. The molecule has 0 aliphatic heterocycles. The zero-order valence-electron chi connectivity index (χ0n) is 12.8. The Morgan fingerprint density at radius 1 is 1.25 bits per heavy atom. The van der Waals surface area contributed by atoms with E-state index in [1.165, 1.54) is 12.5 Å². The van der Waals surface area contributed by atoms with Crippen LogP contribution in [-0.2, 0) is 0 Å². The standard InChI is InChI=1S/C18H15N3O2.ClH/c22-21-13-18-14(9-12-23-18)5-3-4-10-19-17-8-11-20-16-7-2-1-6-15(16)17;/h1-2,6-9,11-13,22H,4,10H2,(H,19,20);1H/b21-13-;. The summed E-state index contributed by atoms with van der Waals surface area (Å²) < 4.78 is 5.15. The minimum atomic E-state index is 0. The first-order valence-electron chi connectivity index (χ1n) is 7.20. The molecule has 0 amide bonds. The number of nitrogens with one attached hydrogen (secondary N) is 1. The molecule has 0 radical (unpaired) electrons. The summed E-state index contributed by atoms with van der Waals surface area (Å²) in [5.74, 6) is 6.53. The lowest BCUT2D eigenvalue weighted by Crippen LogP contribution is -2.01. The Labute approximate surface area is 145 Å². The molecule has 5 nitrogen and oxygen atoms in total. The summed E-state index contributed by atoms with van der Waals surface area (Å²) in [7, 11) is 0. The first kappa shape index (κ1) is 17.4. The second-order valence-corrected chi connectivity index (χ2v) is 4.80. The first-order valence-corrected chi connectivity index (χ1v) is 7.20. The topological polar surface area (TPSA) is 70.7 Å². The van der Waals surface area contributed by atoms with Crippen molar-refractivity contribution in [3.8, 4) is 11.8 Å². The number of aromatic nitrogens is 1. The summed E-state index contributed by atoms with van der Waals surface area (Å²) >= 11 is 0. The maximum absolute atomic E-state index is 8.53. The largest absolute Gasteiger partial charge is 0.462 e. The normalized spacial score (nSPS) is 10.2. The number of nitrogens with zero attached hydrogens (tertiary/aromatic N) is 2. The predicted octanol–water partition coefficient (Wildman–Crippen LogP) is 3.91. The summed E-state index contributed by atoms with van der Waals surface area (Å²) in [6.07, 6.45) is 5.22. The quantitative estimate of drug-likeness (QED) is 0.248. The van der Waals surface area contributed by atoms with E-state index >= 15 is 0 Å². The van der Waals surface area contributed by atoms with Crippen molar-refractivity contribution in [3.05, 3.63) is 60.2 Å². The number of anilines is 1. The smallest absolute Gasteiger partial charge is 0.163 e. The van der Waals surface area contributed by atoms with Crippen molar-refractivity contribution in [3.63, 3.8) is 0 Å². The average molecular weight is 342 g/mol. The lowest BCUT2D eigenvalue weighted by Gasteiger charge is -2.07. The zero-order chi connectivity index (χ0) is 15.9. The Balaban J connectivity index is 0.00000208. The van der Waals surface area contributed by atoms with Crippen LogP contribution in [0.5, 0.6) is 0 Å². The highest BCUT2D eigenvalue weighted by Crippen LogP contribution is 2.20. The van der Waals surface area contributed by atoms with Crippen LogP contribution in [0.4, 0.5) is 5.69 Å². The van der Waals surface area contributed by atoms with Crippen molar-refractivity contribution in [2.24, 2.45) is 5.16 Å². The molecule has 24 heavy (non-hydrogen) atoms. The van der Waals surface area contributed by atoms with Gasteiger partial charge in [0.05, 0.1) is 17.3 Å². The molecular formula is C18H16ClN3O2.